The molecule has 1 fully saturated rings. The van der Waals surface area contributed by atoms with Crippen molar-refractivity contribution in [1.82, 2.24) is 0 Å². The van der Waals surface area contributed by atoms with Gasteiger partial charge in [0.25, 0.3) is 0 Å². The minimum atomic E-state index is -0.342. The quantitative estimate of drug-likeness (QED) is 0.605. The molecule has 1 aliphatic carbocycles. The fraction of sp³-hybridized carbons (Fsp3) is 0.333. The standard InChI is InChI=1S/C15H15FO3/c1-2-19-15(18)13-9-12(13)14(17)7-6-10-4-3-5-11(16)8-10/h3-8,12-13H,2,9H2,1H3/b7-6+/t12-,13-/m0/s1. The highest BCUT2D eigenvalue weighted by molar-refractivity contribution is 6.00. The van der Waals surface area contributed by atoms with Crippen molar-refractivity contribution in [1.29, 1.82) is 0 Å². The van der Waals surface area contributed by atoms with Gasteiger partial charge >= 0.3 is 5.97 Å². The van der Waals surface area contributed by atoms with Crippen molar-refractivity contribution in [2.75, 3.05) is 6.61 Å². The highest BCUT2D eigenvalue weighted by atomic mass is 19.1. The maximum atomic E-state index is 12.9. The molecule has 0 aromatic heterocycles. The van der Waals surface area contributed by atoms with Crippen LogP contribution < -0.4 is 0 Å². The van der Waals surface area contributed by atoms with Crippen molar-refractivity contribution >= 4 is 17.8 Å². The first-order valence-electron chi connectivity index (χ1n) is 6.26. The van der Waals surface area contributed by atoms with E-state index in [-0.39, 0.29) is 29.4 Å². The van der Waals surface area contributed by atoms with E-state index in [2.05, 4.69) is 0 Å². The van der Waals surface area contributed by atoms with Gasteiger partial charge in [0.05, 0.1) is 12.5 Å². The van der Waals surface area contributed by atoms with E-state index in [9.17, 15) is 14.0 Å². The van der Waals surface area contributed by atoms with E-state index in [0.29, 0.717) is 18.6 Å². The summed E-state index contributed by atoms with van der Waals surface area (Å²) < 4.78 is 17.8. The van der Waals surface area contributed by atoms with E-state index in [0.717, 1.165) is 0 Å². The van der Waals surface area contributed by atoms with E-state index in [1.165, 1.54) is 18.2 Å². The van der Waals surface area contributed by atoms with Crippen LogP contribution in [0.5, 0.6) is 0 Å². The normalized spacial score (nSPS) is 21.4. The summed E-state index contributed by atoms with van der Waals surface area (Å²) in [5.74, 6) is -1.33. The van der Waals surface area contributed by atoms with Crippen LogP contribution in [0.4, 0.5) is 4.39 Å². The van der Waals surface area contributed by atoms with Gasteiger partial charge < -0.3 is 4.74 Å². The van der Waals surface area contributed by atoms with Gasteiger partial charge in [0.15, 0.2) is 5.78 Å². The number of hydrogen-bond acceptors (Lipinski definition) is 3. The van der Waals surface area contributed by atoms with Crippen LogP contribution in [0, 0.1) is 17.7 Å². The zero-order valence-electron chi connectivity index (χ0n) is 10.6. The maximum Gasteiger partial charge on any atom is 0.309 e. The molecule has 0 spiro atoms. The van der Waals surface area contributed by atoms with E-state index < -0.39 is 0 Å². The Kier molecular flexibility index (Phi) is 4.10. The third-order valence-corrected chi connectivity index (χ3v) is 3.03. The number of carbonyl (C=O) groups is 2. The molecule has 100 valence electrons. The van der Waals surface area contributed by atoms with E-state index in [4.69, 9.17) is 4.74 Å². The SMILES string of the molecule is CCOC(=O)[C@H]1C[C@@H]1C(=O)/C=C/c1cccc(F)c1. The molecule has 2 atom stereocenters. The molecule has 0 heterocycles. The summed E-state index contributed by atoms with van der Waals surface area (Å²) >= 11 is 0. The number of allylic oxidation sites excluding steroid dienone is 1. The summed E-state index contributed by atoms with van der Waals surface area (Å²) in [5.41, 5.74) is 0.627. The lowest BCUT2D eigenvalue weighted by molar-refractivity contribution is -0.145. The maximum absolute atomic E-state index is 12.9. The first kappa shape index (κ1) is 13.5. The monoisotopic (exact) mass is 262 g/mol. The molecule has 0 aliphatic heterocycles. The van der Waals surface area contributed by atoms with Gasteiger partial charge in [-0.05, 0) is 37.1 Å². The van der Waals surface area contributed by atoms with Crippen LogP contribution in [0.1, 0.15) is 18.9 Å². The Bertz CT molecular complexity index is 522. The van der Waals surface area contributed by atoms with Crippen molar-refractivity contribution in [2.24, 2.45) is 11.8 Å². The van der Waals surface area contributed by atoms with Gasteiger partial charge in [-0.1, -0.05) is 18.2 Å². The summed E-state index contributed by atoms with van der Waals surface area (Å²) in [7, 11) is 0. The van der Waals surface area contributed by atoms with Crippen LogP contribution in [0.25, 0.3) is 6.08 Å². The molecule has 4 heteroatoms. The van der Waals surface area contributed by atoms with Crippen molar-refractivity contribution in [3.8, 4) is 0 Å². The molecule has 0 amide bonds. The predicted octanol–water partition coefficient (Wildman–Crippen LogP) is 2.61. The molecule has 0 N–H and O–H groups in total. The van der Waals surface area contributed by atoms with Gasteiger partial charge in [0, 0.05) is 5.92 Å². The second kappa shape index (κ2) is 5.78. The number of halogens is 1. The molecule has 0 saturated heterocycles. The molecule has 1 saturated carbocycles. The second-order valence-electron chi connectivity index (χ2n) is 4.49. The topological polar surface area (TPSA) is 43.4 Å². The molecule has 0 unspecified atom stereocenters. The molecule has 0 bridgehead atoms. The Morgan fingerprint density at radius 2 is 2.21 bits per heavy atom. The lowest BCUT2D eigenvalue weighted by Gasteiger charge is -1.98. The van der Waals surface area contributed by atoms with Crippen molar-refractivity contribution in [2.45, 2.75) is 13.3 Å². The van der Waals surface area contributed by atoms with Crippen LogP contribution in [-0.2, 0) is 14.3 Å². The fourth-order valence-electron chi connectivity index (χ4n) is 1.93. The molecule has 19 heavy (non-hydrogen) atoms. The number of carbonyl (C=O) groups excluding carboxylic acids is 2. The van der Waals surface area contributed by atoms with Gasteiger partial charge in [0.1, 0.15) is 5.82 Å². The Morgan fingerprint density at radius 3 is 2.89 bits per heavy atom. The Hall–Kier alpha value is -1.97. The zero-order chi connectivity index (χ0) is 13.8. The molecular weight excluding hydrogens is 247 g/mol. The minimum absolute atomic E-state index is 0.109. The summed E-state index contributed by atoms with van der Waals surface area (Å²) in [6.07, 6.45) is 3.51. The van der Waals surface area contributed by atoms with Crippen LogP contribution >= 0.6 is 0 Å². The van der Waals surface area contributed by atoms with Crippen molar-refractivity contribution < 1.29 is 18.7 Å². The van der Waals surface area contributed by atoms with Crippen molar-refractivity contribution in [3.05, 3.63) is 41.7 Å². The molecule has 1 aromatic carbocycles. The first-order chi connectivity index (χ1) is 9.11. The Labute approximate surface area is 111 Å². The number of hydrogen-bond donors (Lipinski definition) is 0. The Morgan fingerprint density at radius 1 is 1.42 bits per heavy atom. The summed E-state index contributed by atoms with van der Waals surface area (Å²) in [6.45, 7) is 2.07. The molecular formula is C15H15FO3. The molecule has 0 radical (unpaired) electrons. The lowest BCUT2D eigenvalue weighted by atomic mass is 10.1. The molecule has 1 aromatic rings. The average Bonchev–Trinajstić information content (AvgIpc) is 3.17. The summed E-state index contributed by atoms with van der Waals surface area (Å²) in [6, 6.07) is 5.98. The first-order valence-corrected chi connectivity index (χ1v) is 6.26. The number of benzene rings is 1. The van der Waals surface area contributed by atoms with E-state index >= 15 is 0 Å². The number of esters is 1. The number of ketones is 1. The lowest BCUT2D eigenvalue weighted by Crippen LogP contribution is -2.10. The van der Waals surface area contributed by atoms with Gasteiger partial charge in [0.2, 0.25) is 0 Å². The zero-order valence-corrected chi connectivity index (χ0v) is 10.6. The number of rotatable bonds is 5. The highest BCUT2D eigenvalue weighted by Crippen LogP contribution is 2.40. The van der Waals surface area contributed by atoms with Crippen LogP contribution in [0.3, 0.4) is 0 Å². The van der Waals surface area contributed by atoms with E-state index in [1.54, 1.807) is 25.1 Å². The van der Waals surface area contributed by atoms with Crippen molar-refractivity contribution in [3.63, 3.8) is 0 Å². The summed E-state index contributed by atoms with van der Waals surface area (Å²) in [4.78, 5) is 23.2. The smallest absolute Gasteiger partial charge is 0.309 e. The van der Waals surface area contributed by atoms with Gasteiger partial charge in [-0.3, -0.25) is 9.59 Å². The number of ether oxygens (including phenoxy) is 1. The fourth-order valence-corrected chi connectivity index (χ4v) is 1.93. The minimum Gasteiger partial charge on any atom is -0.466 e. The summed E-state index contributed by atoms with van der Waals surface area (Å²) in [5, 5.41) is 0. The molecule has 3 nitrogen and oxygen atoms in total. The Balaban J connectivity index is 1.91. The third kappa shape index (κ3) is 3.50. The van der Waals surface area contributed by atoms with Gasteiger partial charge in [-0.15, -0.1) is 0 Å². The molecule has 1 aliphatic rings. The second-order valence-corrected chi connectivity index (χ2v) is 4.49. The van der Waals surface area contributed by atoms with Crippen LogP contribution in [-0.4, -0.2) is 18.4 Å². The predicted molar refractivity (Wildman–Crippen MR) is 68.7 cm³/mol. The largest absolute Gasteiger partial charge is 0.466 e. The molecule has 2 rings (SSSR count). The third-order valence-electron chi connectivity index (χ3n) is 3.03. The van der Waals surface area contributed by atoms with Gasteiger partial charge in [-0.2, -0.15) is 0 Å². The average molecular weight is 262 g/mol. The van der Waals surface area contributed by atoms with Crippen LogP contribution in [0.2, 0.25) is 0 Å². The van der Waals surface area contributed by atoms with Gasteiger partial charge in [-0.25, -0.2) is 4.39 Å². The van der Waals surface area contributed by atoms with E-state index in [1.807, 2.05) is 0 Å². The van der Waals surface area contributed by atoms with Crippen LogP contribution in [0.15, 0.2) is 30.3 Å². The highest BCUT2D eigenvalue weighted by Gasteiger charge is 2.47.